The Balaban J connectivity index is 1.69. The van der Waals surface area contributed by atoms with E-state index in [1.165, 1.54) is 16.3 Å². The van der Waals surface area contributed by atoms with Gasteiger partial charge in [-0.25, -0.2) is 0 Å². The van der Waals surface area contributed by atoms with Crippen LogP contribution < -0.4 is 16.2 Å². The molecule has 8 heteroatoms. The van der Waals surface area contributed by atoms with Gasteiger partial charge in [-0.05, 0) is 36.4 Å². The van der Waals surface area contributed by atoms with E-state index in [2.05, 4.69) is 26.6 Å². The Hall–Kier alpha value is -2.06. The molecule has 1 aromatic heterocycles. The largest absolute Gasteiger partial charge is 0.325 e. The minimum Gasteiger partial charge on any atom is -0.325 e. The van der Waals surface area contributed by atoms with Gasteiger partial charge in [0.05, 0.1) is 5.75 Å². The molecule has 2 N–H and O–H groups in total. The predicted octanol–water partition coefficient (Wildman–Crippen LogP) is 2.85. The second-order valence-corrected chi connectivity index (χ2v) is 7.26. The molecule has 2 aromatic rings. The smallest absolute Gasteiger partial charge is 0.274 e. The Morgan fingerprint density at radius 2 is 1.84 bits per heavy atom. The minimum atomic E-state index is -0.252. The van der Waals surface area contributed by atoms with E-state index in [4.69, 9.17) is 0 Å². The van der Waals surface area contributed by atoms with Crippen molar-refractivity contribution in [2.24, 2.45) is 7.05 Å². The van der Waals surface area contributed by atoms with Gasteiger partial charge in [0, 0.05) is 35.6 Å². The van der Waals surface area contributed by atoms with Gasteiger partial charge in [0.25, 0.3) is 5.56 Å². The summed E-state index contributed by atoms with van der Waals surface area (Å²) >= 11 is 4.70. The molecule has 0 aliphatic carbocycles. The molecular weight excluding hydrogens is 406 g/mol. The monoisotopic (exact) mass is 423 g/mol. The van der Waals surface area contributed by atoms with E-state index >= 15 is 0 Å². The van der Waals surface area contributed by atoms with Crippen LogP contribution in [-0.4, -0.2) is 27.9 Å². The van der Waals surface area contributed by atoms with Crippen LogP contribution in [0.4, 0.5) is 11.4 Å². The van der Waals surface area contributed by atoms with Crippen molar-refractivity contribution >= 4 is 50.9 Å². The van der Waals surface area contributed by atoms with E-state index in [9.17, 15) is 14.4 Å². The number of anilines is 2. The molecule has 132 valence electrons. The third-order valence-corrected chi connectivity index (χ3v) is 4.72. The Kier molecular flexibility index (Phi) is 7.27. The summed E-state index contributed by atoms with van der Waals surface area (Å²) in [5, 5.41) is 5.38. The van der Waals surface area contributed by atoms with Crippen LogP contribution in [0.3, 0.4) is 0 Å². The number of benzene rings is 1. The second kappa shape index (κ2) is 9.43. The van der Waals surface area contributed by atoms with Crippen molar-refractivity contribution in [2.75, 3.05) is 22.1 Å². The average Bonchev–Trinajstić information content (AvgIpc) is 2.58. The number of aryl methyl sites for hydroxylation is 1. The minimum absolute atomic E-state index is 0.121. The summed E-state index contributed by atoms with van der Waals surface area (Å²) in [5.41, 5.74) is 0.733. The Bertz CT molecular complexity index is 806. The van der Waals surface area contributed by atoms with Crippen molar-refractivity contribution in [2.45, 2.75) is 6.42 Å². The van der Waals surface area contributed by atoms with Gasteiger partial charge in [-0.2, -0.15) is 11.8 Å². The number of rotatable bonds is 7. The van der Waals surface area contributed by atoms with Crippen LogP contribution in [0.5, 0.6) is 0 Å². The van der Waals surface area contributed by atoms with Gasteiger partial charge in [0.15, 0.2) is 0 Å². The fourth-order valence-electron chi connectivity index (χ4n) is 1.97. The molecule has 0 aliphatic heterocycles. The van der Waals surface area contributed by atoms with Crippen LogP contribution >= 0.6 is 27.7 Å². The Morgan fingerprint density at radius 3 is 2.56 bits per heavy atom. The molecule has 0 fully saturated rings. The first-order valence-corrected chi connectivity index (χ1v) is 9.49. The molecular formula is C17H18BrN3O3S. The van der Waals surface area contributed by atoms with Crippen LogP contribution in [0.1, 0.15) is 6.42 Å². The summed E-state index contributed by atoms with van der Waals surface area (Å²) in [6.45, 7) is 0. The molecule has 0 bridgehead atoms. The quantitative estimate of drug-likeness (QED) is 0.670. The van der Waals surface area contributed by atoms with Crippen molar-refractivity contribution in [1.29, 1.82) is 0 Å². The maximum atomic E-state index is 11.9. The zero-order valence-corrected chi connectivity index (χ0v) is 16.0. The summed E-state index contributed by atoms with van der Waals surface area (Å²) in [6, 6.07) is 10.6. The van der Waals surface area contributed by atoms with Gasteiger partial charge in [-0.3, -0.25) is 14.4 Å². The van der Waals surface area contributed by atoms with Crippen molar-refractivity contribution in [3.05, 3.63) is 57.4 Å². The van der Waals surface area contributed by atoms with Gasteiger partial charge in [-0.1, -0.05) is 15.9 Å². The van der Waals surface area contributed by atoms with E-state index in [0.717, 1.165) is 10.2 Å². The van der Waals surface area contributed by atoms with E-state index in [0.29, 0.717) is 5.75 Å². The van der Waals surface area contributed by atoms with Gasteiger partial charge in [0.2, 0.25) is 11.8 Å². The fraction of sp³-hybridized carbons (Fsp3) is 0.235. The Morgan fingerprint density at radius 1 is 1.12 bits per heavy atom. The highest BCUT2D eigenvalue weighted by atomic mass is 79.9. The lowest BCUT2D eigenvalue weighted by Gasteiger charge is -2.07. The number of aromatic nitrogens is 1. The number of thioether (sulfide) groups is 1. The number of pyridine rings is 1. The van der Waals surface area contributed by atoms with Gasteiger partial charge < -0.3 is 15.2 Å². The zero-order chi connectivity index (χ0) is 18.2. The average molecular weight is 424 g/mol. The van der Waals surface area contributed by atoms with E-state index < -0.39 is 0 Å². The lowest BCUT2D eigenvalue weighted by Crippen LogP contribution is -2.23. The summed E-state index contributed by atoms with van der Waals surface area (Å²) in [5.74, 6) is 0.386. The van der Waals surface area contributed by atoms with Gasteiger partial charge in [0.1, 0.15) is 5.69 Å². The normalized spacial score (nSPS) is 10.3. The molecule has 2 amide bonds. The van der Waals surface area contributed by atoms with Crippen LogP contribution in [0, 0.1) is 0 Å². The lowest BCUT2D eigenvalue weighted by molar-refractivity contribution is -0.116. The first kappa shape index (κ1) is 19.3. The Labute approximate surface area is 158 Å². The number of hydrogen-bond donors (Lipinski definition) is 2. The summed E-state index contributed by atoms with van der Waals surface area (Å²) in [4.78, 5) is 35.5. The summed E-state index contributed by atoms with van der Waals surface area (Å²) < 4.78 is 2.34. The van der Waals surface area contributed by atoms with Crippen molar-refractivity contribution < 1.29 is 9.59 Å². The maximum absolute atomic E-state index is 11.9. The molecule has 0 saturated carbocycles. The fourth-order valence-corrected chi connectivity index (χ4v) is 2.96. The van der Waals surface area contributed by atoms with Gasteiger partial charge >= 0.3 is 0 Å². The molecule has 1 aromatic carbocycles. The van der Waals surface area contributed by atoms with Crippen molar-refractivity contribution in [3.63, 3.8) is 0 Å². The maximum Gasteiger partial charge on any atom is 0.274 e. The third kappa shape index (κ3) is 6.39. The number of carbonyl (C=O) groups excluding carboxylic acids is 2. The molecule has 0 spiro atoms. The second-order valence-electron chi connectivity index (χ2n) is 5.24. The standard InChI is InChI=1S/C17H18BrN3O3S/c1-21-9-2-3-14(17(21)24)20-15(22)8-10-25-11-16(23)19-13-6-4-12(18)5-7-13/h2-7,9H,8,10-11H2,1H3,(H,19,23)(H,20,22). The van der Waals surface area contributed by atoms with Crippen molar-refractivity contribution in [3.8, 4) is 0 Å². The number of amides is 2. The molecule has 1 heterocycles. The molecule has 0 atom stereocenters. The molecule has 25 heavy (non-hydrogen) atoms. The number of halogens is 1. The predicted molar refractivity (Wildman–Crippen MR) is 105 cm³/mol. The molecule has 2 rings (SSSR count). The first-order valence-electron chi connectivity index (χ1n) is 7.54. The number of carbonyl (C=O) groups is 2. The highest BCUT2D eigenvalue weighted by Crippen LogP contribution is 2.14. The van der Waals surface area contributed by atoms with Crippen LogP contribution in [0.15, 0.2) is 51.9 Å². The number of hydrogen-bond acceptors (Lipinski definition) is 4. The van der Waals surface area contributed by atoms with E-state index in [1.54, 1.807) is 37.5 Å². The molecule has 0 unspecified atom stereocenters. The first-order chi connectivity index (χ1) is 12.0. The third-order valence-electron chi connectivity index (χ3n) is 3.23. The van der Waals surface area contributed by atoms with Crippen LogP contribution in [-0.2, 0) is 16.6 Å². The topological polar surface area (TPSA) is 80.2 Å². The lowest BCUT2D eigenvalue weighted by atomic mass is 10.3. The summed E-state index contributed by atoms with van der Waals surface area (Å²) in [6.07, 6.45) is 1.85. The van der Waals surface area contributed by atoms with Crippen molar-refractivity contribution in [1.82, 2.24) is 4.57 Å². The van der Waals surface area contributed by atoms with Gasteiger partial charge in [-0.15, -0.1) is 0 Å². The SMILES string of the molecule is Cn1cccc(NC(=O)CCSCC(=O)Nc2ccc(Br)cc2)c1=O. The molecule has 0 radical (unpaired) electrons. The molecule has 0 saturated heterocycles. The highest BCUT2D eigenvalue weighted by Gasteiger charge is 2.08. The van der Waals surface area contributed by atoms with E-state index in [1.807, 2.05) is 12.1 Å². The van der Waals surface area contributed by atoms with E-state index in [-0.39, 0.29) is 35.2 Å². The highest BCUT2D eigenvalue weighted by molar-refractivity contribution is 9.10. The molecule has 0 aliphatic rings. The zero-order valence-electron chi connectivity index (χ0n) is 13.6. The van der Waals surface area contributed by atoms with Crippen LogP contribution in [0.25, 0.3) is 0 Å². The number of nitrogens with zero attached hydrogens (tertiary/aromatic N) is 1. The number of nitrogens with one attached hydrogen (secondary N) is 2. The molecule has 6 nitrogen and oxygen atoms in total. The van der Waals surface area contributed by atoms with Crippen LogP contribution in [0.2, 0.25) is 0 Å². The summed E-state index contributed by atoms with van der Waals surface area (Å²) in [7, 11) is 1.62.